The zero-order valence-electron chi connectivity index (χ0n) is 11.8. The summed E-state index contributed by atoms with van der Waals surface area (Å²) in [5.74, 6) is 0.531. The van der Waals surface area contributed by atoms with Crippen molar-refractivity contribution in [1.29, 1.82) is 0 Å². The molecule has 1 nitrogen and oxygen atoms in total. The molecule has 2 fully saturated rings. The molecule has 2 saturated carbocycles. The first-order valence-corrected chi connectivity index (χ1v) is 7.42. The third-order valence-electron chi connectivity index (χ3n) is 5.50. The second-order valence-corrected chi connectivity index (χ2v) is 7.55. The van der Waals surface area contributed by atoms with Gasteiger partial charge < -0.3 is 5.32 Å². The Morgan fingerprint density at radius 1 is 1.32 bits per heavy atom. The van der Waals surface area contributed by atoms with Crippen molar-refractivity contribution in [3.05, 3.63) is 29.0 Å². The minimum absolute atomic E-state index is 0.210. The molecule has 0 amide bonds. The van der Waals surface area contributed by atoms with Crippen LogP contribution in [-0.2, 0) is 0 Å². The van der Waals surface area contributed by atoms with Crippen LogP contribution in [0.1, 0.15) is 40.0 Å². The number of hydrogen-bond donors (Lipinski definition) is 1. The molecule has 0 heterocycles. The largest absolute Gasteiger partial charge is 0.379 e. The number of nitrogens with one attached hydrogen (secondary N) is 1. The summed E-state index contributed by atoms with van der Waals surface area (Å²) in [6, 6.07) is 5.04. The highest BCUT2D eigenvalue weighted by Gasteiger charge is 2.59. The fourth-order valence-electron chi connectivity index (χ4n) is 4.43. The van der Waals surface area contributed by atoms with Gasteiger partial charge in [0.25, 0.3) is 0 Å². The Morgan fingerprint density at radius 2 is 2.05 bits per heavy atom. The van der Waals surface area contributed by atoms with Crippen molar-refractivity contribution in [2.75, 3.05) is 5.32 Å². The third kappa shape index (κ3) is 1.96. The molecule has 0 radical (unpaired) electrons. The van der Waals surface area contributed by atoms with Gasteiger partial charge in [0.05, 0.1) is 5.69 Å². The van der Waals surface area contributed by atoms with Gasteiger partial charge in [-0.05, 0) is 54.2 Å². The molecule has 2 bridgehead atoms. The van der Waals surface area contributed by atoms with Crippen LogP contribution in [0.15, 0.2) is 18.2 Å². The zero-order chi connectivity index (χ0) is 13.8. The molecule has 0 aromatic heterocycles. The molecule has 1 aromatic carbocycles. The van der Waals surface area contributed by atoms with Crippen molar-refractivity contribution in [3.63, 3.8) is 0 Å². The van der Waals surface area contributed by atoms with E-state index in [1.54, 1.807) is 12.1 Å². The first kappa shape index (κ1) is 13.2. The van der Waals surface area contributed by atoms with E-state index in [4.69, 9.17) is 11.6 Å². The predicted octanol–water partition coefficient (Wildman–Crippen LogP) is 5.11. The average molecular weight is 282 g/mol. The van der Waals surface area contributed by atoms with Crippen LogP contribution < -0.4 is 5.32 Å². The Hall–Kier alpha value is -0.760. The summed E-state index contributed by atoms with van der Waals surface area (Å²) in [6.07, 6.45) is 3.79. The van der Waals surface area contributed by atoms with Crippen LogP contribution in [0.4, 0.5) is 10.1 Å². The number of halogens is 2. The van der Waals surface area contributed by atoms with E-state index < -0.39 is 0 Å². The maximum Gasteiger partial charge on any atom is 0.146 e. The van der Waals surface area contributed by atoms with E-state index in [1.165, 1.54) is 25.3 Å². The molecule has 3 rings (SSSR count). The highest BCUT2D eigenvalue weighted by atomic mass is 35.5. The molecule has 0 aliphatic heterocycles. The first-order valence-electron chi connectivity index (χ1n) is 7.04. The fraction of sp³-hybridized carbons (Fsp3) is 0.625. The van der Waals surface area contributed by atoms with E-state index in [0.29, 0.717) is 16.8 Å². The third-order valence-corrected chi connectivity index (χ3v) is 5.73. The van der Waals surface area contributed by atoms with Crippen molar-refractivity contribution in [2.24, 2.45) is 16.7 Å². The van der Waals surface area contributed by atoms with Crippen molar-refractivity contribution >= 4 is 17.3 Å². The molecule has 104 valence electrons. The lowest BCUT2D eigenvalue weighted by molar-refractivity contribution is 0.155. The topological polar surface area (TPSA) is 12.0 Å². The highest BCUT2D eigenvalue weighted by Crippen LogP contribution is 2.63. The van der Waals surface area contributed by atoms with E-state index in [2.05, 4.69) is 26.1 Å². The zero-order valence-corrected chi connectivity index (χ0v) is 12.5. The maximum absolute atomic E-state index is 13.9. The molecule has 0 saturated heterocycles. The summed E-state index contributed by atoms with van der Waals surface area (Å²) in [5, 5.41) is 4.03. The maximum atomic E-state index is 13.9. The summed E-state index contributed by atoms with van der Waals surface area (Å²) in [4.78, 5) is 0. The van der Waals surface area contributed by atoms with E-state index >= 15 is 0 Å². The van der Waals surface area contributed by atoms with Crippen LogP contribution in [0.25, 0.3) is 0 Å². The normalized spacial score (nSPS) is 35.6. The van der Waals surface area contributed by atoms with Crippen LogP contribution >= 0.6 is 11.6 Å². The van der Waals surface area contributed by atoms with Gasteiger partial charge in [0.15, 0.2) is 0 Å². The Kier molecular flexibility index (Phi) is 2.87. The molecule has 19 heavy (non-hydrogen) atoms. The monoisotopic (exact) mass is 281 g/mol. The SMILES string of the molecule is CC1(C)C(Nc2cc(Cl)ccc2F)[C@]2(C)CC[C@H]1C2. The summed E-state index contributed by atoms with van der Waals surface area (Å²) in [7, 11) is 0. The Balaban J connectivity index is 1.92. The van der Waals surface area contributed by atoms with Gasteiger partial charge in [-0.1, -0.05) is 32.4 Å². The Labute approximate surface area is 119 Å². The lowest BCUT2D eigenvalue weighted by Gasteiger charge is -2.43. The van der Waals surface area contributed by atoms with Crippen molar-refractivity contribution in [3.8, 4) is 0 Å². The second-order valence-electron chi connectivity index (χ2n) is 7.12. The summed E-state index contributed by atoms with van der Waals surface area (Å²) in [5.41, 5.74) is 1.03. The number of hydrogen-bond acceptors (Lipinski definition) is 1. The fourth-order valence-corrected chi connectivity index (χ4v) is 4.60. The molecule has 2 aliphatic carbocycles. The van der Waals surface area contributed by atoms with Gasteiger partial charge >= 0.3 is 0 Å². The van der Waals surface area contributed by atoms with Gasteiger partial charge in [-0.15, -0.1) is 0 Å². The molecule has 2 aliphatic rings. The van der Waals surface area contributed by atoms with E-state index in [1.807, 2.05) is 0 Å². The van der Waals surface area contributed by atoms with Crippen LogP contribution in [0.3, 0.4) is 0 Å². The molecule has 1 N–H and O–H groups in total. The first-order chi connectivity index (χ1) is 8.83. The van der Waals surface area contributed by atoms with Gasteiger partial charge in [0.2, 0.25) is 0 Å². The Bertz CT molecular complexity index is 509. The van der Waals surface area contributed by atoms with Crippen molar-refractivity contribution < 1.29 is 4.39 Å². The van der Waals surface area contributed by atoms with E-state index in [-0.39, 0.29) is 16.6 Å². The standard InChI is InChI=1S/C16H21ClFN/c1-15(2)10-6-7-16(3,9-10)14(15)19-13-8-11(17)4-5-12(13)18/h4-5,8,10,14,19H,6-7,9H2,1-3H3/t10-,14?,16+/m0/s1. The van der Waals surface area contributed by atoms with E-state index in [0.717, 1.165) is 5.92 Å². The van der Waals surface area contributed by atoms with Gasteiger partial charge in [0.1, 0.15) is 5.82 Å². The van der Waals surface area contributed by atoms with Gasteiger partial charge in [-0.2, -0.15) is 0 Å². The van der Waals surface area contributed by atoms with Crippen LogP contribution in [0, 0.1) is 22.6 Å². The Morgan fingerprint density at radius 3 is 2.68 bits per heavy atom. The molecule has 1 aromatic rings. The minimum Gasteiger partial charge on any atom is -0.379 e. The molecule has 1 unspecified atom stereocenters. The van der Waals surface area contributed by atoms with Crippen LogP contribution in [-0.4, -0.2) is 6.04 Å². The predicted molar refractivity (Wildman–Crippen MR) is 78.0 cm³/mol. The summed E-state index contributed by atoms with van der Waals surface area (Å²) < 4.78 is 13.9. The van der Waals surface area contributed by atoms with Crippen molar-refractivity contribution in [1.82, 2.24) is 0 Å². The number of benzene rings is 1. The smallest absolute Gasteiger partial charge is 0.146 e. The minimum atomic E-state index is -0.216. The number of anilines is 1. The summed E-state index contributed by atoms with van der Waals surface area (Å²) >= 11 is 5.98. The summed E-state index contributed by atoms with van der Waals surface area (Å²) in [6.45, 7) is 6.95. The number of rotatable bonds is 2. The highest BCUT2D eigenvalue weighted by molar-refractivity contribution is 6.30. The molecular formula is C16H21ClFN. The lowest BCUT2D eigenvalue weighted by atomic mass is 9.68. The van der Waals surface area contributed by atoms with Crippen LogP contribution in [0.2, 0.25) is 5.02 Å². The van der Waals surface area contributed by atoms with Gasteiger partial charge in [-0.25, -0.2) is 4.39 Å². The van der Waals surface area contributed by atoms with Crippen LogP contribution in [0.5, 0.6) is 0 Å². The number of fused-ring (bicyclic) bond motifs is 2. The average Bonchev–Trinajstić information content (AvgIpc) is 2.80. The quantitative estimate of drug-likeness (QED) is 0.795. The van der Waals surface area contributed by atoms with Gasteiger partial charge in [0, 0.05) is 11.1 Å². The van der Waals surface area contributed by atoms with Gasteiger partial charge in [-0.3, -0.25) is 0 Å². The second kappa shape index (κ2) is 4.12. The lowest BCUT2D eigenvalue weighted by Crippen LogP contribution is -2.45. The molecular weight excluding hydrogens is 261 g/mol. The van der Waals surface area contributed by atoms with Crippen molar-refractivity contribution in [2.45, 2.75) is 46.1 Å². The molecule has 3 heteroatoms. The van der Waals surface area contributed by atoms with E-state index in [9.17, 15) is 4.39 Å². The molecule has 0 spiro atoms. The molecule has 3 atom stereocenters.